The summed E-state index contributed by atoms with van der Waals surface area (Å²) >= 11 is 3.21. The van der Waals surface area contributed by atoms with Crippen LogP contribution in [0.4, 0.5) is 0 Å². The molecule has 5 nitrogen and oxygen atoms in total. The number of nitrogens with one attached hydrogen (secondary N) is 1. The highest BCUT2D eigenvalue weighted by atomic mass is 79.9. The summed E-state index contributed by atoms with van der Waals surface area (Å²) in [5.74, 6) is 0. The average molecular weight is 372 g/mol. The van der Waals surface area contributed by atoms with E-state index in [2.05, 4.69) is 31.7 Å². The summed E-state index contributed by atoms with van der Waals surface area (Å²) in [4.78, 5) is 3.95. The van der Waals surface area contributed by atoms with Crippen LogP contribution in [0.5, 0.6) is 0 Å². The number of aromatic nitrogens is 1. The second kappa shape index (κ2) is 6.86. The van der Waals surface area contributed by atoms with E-state index in [1.165, 1.54) is 18.5 Å². The van der Waals surface area contributed by atoms with Crippen LogP contribution in [0.1, 0.15) is 44.9 Å². The Kier molecular flexibility index (Phi) is 5.36. The molecule has 1 saturated carbocycles. The second-order valence-electron chi connectivity index (χ2n) is 5.41. The molecule has 7 heteroatoms. The van der Waals surface area contributed by atoms with Crippen LogP contribution in [0.2, 0.25) is 0 Å². The number of pyridine rings is 1. The fourth-order valence-corrected chi connectivity index (χ4v) is 4.48. The highest BCUT2D eigenvalue weighted by Gasteiger charge is 2.35. The first kappa shape index (κ1) is 16.4. The number of nitriles is 1. The third kappa shape index (κ3) is 4.25. The van der Waals surface area contributed by atoms with Crippen molar-refractivity contribution in [1.29, 1.82) is 5.26 Å². The summed E-state index contributed by atoms with van der Waals surface area (Å²) in [6.45, 7) is 0. The van der Waals surface area contributed by atoms with Gasteiger partial charge in [0.15, 0.2) is 0 Å². The zero-order valence-electron chi connectivity index (χ0n) is 11.7. The second-order valence-corrected chi connectivity index (χ2v) is 8.00. The molecule has 0 radical (unpaired) electrons. The molecule has 0 bridgehead atoms. The average Bonchev–Trinajstić information content (AvgIpc) is 2.42. The van der Waals surface area contributed by atoms with Crippen LogP contribution in [0.25, 0.3) is 0 Å². The standard InChI is InChI=1S/C14H18BrN3O2S/c15-12-8-13(10-17-9-12)21(19,20)18-14(11-16)6-4-2-1-3-5-7-14/h8-10,18H,1-7H2. The Labute approximate surface area is 134 Å². The zero-order chi connectivity index (χ0) is 15.3. The molecular formula is C14H18BrN3O2S. The van der Waals surface area contributed by atoms with E-state index >= 15 is 0 Å². The highest BCUT2D eigenvalue weighted by molar-refractivity contribution is 9.10. The number of halogens is 1. The normalized spacial score (nSPS) is 19.2. The van der Waals surface area contributed by atoms with Crippen molar-refractivity contribution in [2.24, 2.45) is 0 Å². The highest BCUT2D eigenvalue weighted by Crippen LogP contribution is 2.28. The van der Waals surface area contributed by atoms with Crippen LogP contribution in [0.15, 0.2) is 27.8 Å². The number of rotatable bonds is 3. The predicted octanol–water partition coefficient (Wildman–Crippen LogP) is 3.13. The summed E-state index contributed by atoms with van der Waals surface area (Å²) in [5.41, 5.74) is -0.998. The van der Waals surface area contributed by atoms with Gasteiger partial charge in [0.2, 0.25) is 10.0 Å². The van der Waals surface area contributed by atoms with E-state index in [4.69, 9.17) is 0 Å². The van der Waals surface area contributed by atoms with Crippen molar-refractivity contribution in [3.63, 3.8) is 0 Å². The van der Waals surface area contributed by atoms with E-state index in [9.17, 15) is 13.7 Å². The fourth-order valence-electron chi connectivity index (χ4n) is 2.60. The minimum atomic E-state index is -3.75. The van der Waals surface area contributed by atoms with Crippen molar-refractivity contribution >= 4 is 26.0 Å². The maximum Gasteiger partial charge on any atom is 0.243 e. The van der Waals surface area contributed by atoms with Gasteiger partial charge in [0.1, 0.15) is 10.4 Å². The topological polar surface area (TPSA) is 82.9 Å². The van der Waals surface area contributed by atoms with Gasteiger partial charge in [-0.05, 0) is 34.8 Å². The van der Waals surface area contributed by atoms with Crippen LogP contribution < -0.4 is 4.72 Å². The van der Waals surface area contributed by atoms with Gasteiger partial charge in [-0.1, -0.05) is 32.1 Å². The summed E-state index contributed by atoms with van der Waals surface area (Å²) < 4.78 is 28.2. The molecule has 0 unspecified atom stereocenters. The molecule has 0 amide bonds. The molecule has 0 aromatic carbocycles. The van der Waals surface area contributed by atoms with Gasteiger partial charge in [-0.25, -0.2) is 8.42 Å². The van der Waals surface area contributed by atoms with Gasteiger partial charge in [-0.15, -0.1) is 0 Å². The molecule has 1 aromatic heterocycles. The van der Waals surface area contributed by atoms with Crippen molar-refractivity contribution in [3.8, 4) is 6.07 Å². The van der Waals surface area contributed by atoms with Crippen molar-refractivity contribution < 1.29 is 8.42 Å². The molecule has 2 rings (SSSR count). The maximum atomic E-state index is 12.5. The Hall–Kier alpha value is -0.970. The zero-order valence-corrected chi connectivity index (χ0v) is 14.1. The van der Waals surface area contributed by atoms with E-state index < -0.39 is 15.6 Å². The lowest BCUT2D eigenvalue weighted by Gasteiger charge is -2.29. The third-order valence-electron chi connectivity index (χ3n) is 3.74. The first-order chi connectivity index (χ1) is 9.97. The fraction of sp³-hybridized carbons (Fsp3) is 0.571. The first-order valence-corrected chi connectivity index (χ1v) is 9.31. The molecule has 0 atom stereocenters. The SMILES string of the molecule is N#CC1(NS(=O)(=O)c2cncc(Br)c2)CCCCCCC1. The van der Waals surface area contributed by atoms with Crippen LogP contribution in [0.3, 0.4) is 0 Å². The van der Waals surface area contributed by atoms with Crippen molar-refractivity contribution in [2.75, 3.05) is 0 Å². The molecule has 21 heavy (non-hydrogen) atoms. The Bertz CT molecular complexity index is 632. The van der Waals surface area contributed by atoms with Gasteiger partial charge in [0.25, 0.3) is 0 Å². The third-order valence-corrected chi connectivity index (χ3v) is 5.68. The summed E-state index contributed by atoms with van der Waals surface area (Å²) in [7, 11) is -3.75. The monoisotopic (exact) mass is 371 g/mol. The van der Waals surface area contributed by atoms with Crippen molar-refractivity contribution in [3.05, 3.63) is 22.9 Å². The quantitative estimate of drug-likeness (QED) is 0.884. The first-order valence-electron chi connectivity index (χ1n) is 7.03. The van der Waals surface area contributed by atoms with Crippen molar-refractivity contribution in [2.45, 2.75) is 55.4 Å². The van der Waals surface area contributed by atoms with Gasteiger partial charge in [0.05, 0.1) is 6.07 Å². The Morgan fingerprint density at radius 2 is 1.81 bits per heavy atom. The summed E-state index contributed by atoms with van der Waals surface area (Å²) in [6.07, 6.45) is 8.92. The van der Waals surface area contributed by atoms with E-state index in [0.717, 1.165) is 32.1 Å². The molecule has 0 saturated heterocycles. The van der Waals surface area contributed by atoms with Gasteiger partial charge >= 0.3 is 0 Å². The molecule has 1 aromatic rings. The molecule has 1 N–H and O–H groups in total. The summed E-state index contributed by atoms with van der Waals surface area (Å²) in [5, 5.41) is 9.52. The van der Waals surface area contributed by atoms with Crippen LogP contribution in [0, 0.1) is 11.3 Å². The van der Waals surface area contributed by atoms with E-state index in [-0.39, 0.29) is 4.90 Å². The summed E-state index contributed by atoms with van der Waals surface area (Å²) in [6, 6.07) is 3.69. The molecule has 1 aliphatic rings. The number of sulfonamides is 1. The lowest BCUT2D eigenvalue weighted by Crippen LogP contribution is -2.47. The van der Waals surface area contributed by atoms with Gasteiger partial charge in [-0.2, -0.15) is 9.98 Å². The van der Waals surface area contributed by atoms with E-state index in [0.29, 0.717) is 17.3 Å². The molecule has 1 heterocycles. The van der Waals surface area contributed by atoms with Crippen LogP contribution in [-0.4, -0.2) is 18.9 Å². The van der Waals surface area contributed by atoms with Gasteiger partial charge in [-0.3, -0.25) is 4.98 Å². The molecular weight excluding hydrogens is 354 g/mol. The minimum Gasteiger partial charge on any atom is -0.262 e. The Balaban J connectivity index is 2.26. The molecule has 0 aliphatic heterocycles. The van der Waals surface area contributed by atoms with Crippen LogP contribution >= 0.6 is 15.9 Å². The minimum absolute atomic E-state index is 0.0774. The lowest BCUT2D eigenvalue weighted by molar-refractivity contribution is 0.357. The van der Waals surface area contributed by atoms with Gasteiger partial charge in [0, 0.05) is 16.9 Å². The number of nitrogens with zero attached hydrogens (tertiary/aromatic N) is 2. The van der Waals surface area contributed by atoms with Gasteiger partial charge < -0.3 is 0 Å². The molecule has 114 valence electrons. The molecule has 1 aliphatic carbocycles. The maximum absolute atomic E-state index is 12.5. The Morgan fingerprint density at radius 3 is 2.38 bits per heavy atom. The smallest absolute Gasteiger partial charge is 0.243 e. The lowest BCUT2D eigenvalue weighted by atomic mass is 9.86. The molecule has 0 spiro atoms. The largest absolute Gasteiger partial charge is 0.262 e. The van der Waals surface area contributed by atoms with E-state index in [1.807, 2.05) is 0 Å². The molecule has 1 fully saturated rings. The van der Waals surface area contributed by atoms with Crippen LogP contribution in [-0.2, 0) is 10.0 Å². The predicted molar refractivity (Wildman–Crippen MR) is 82.9 cm³/mol. The van der Waals surface area contributed by atoms with E-state index in [1.54, 1.807) is 0 Å². The van der Waals surface area contributed by atoms with Crippen molar-refractivity contribution in [1.82, 2.24) is 9.71 Å². The number of hydrogen-bond donors (Lipinski definition) is 1. The Morgan fingerprint density at radius 1 is 1.19 bits per heavy atom. The number of hydrogen-bond acceptors (Lipinski definition) is 4.